The quantitative estimate of drug-likeness (QED) is 0.0363. The van der Waals surface area contributed by atoms with Gasteiger partial charge in [-0.1, -0.05) is 111 Å². The average Bonchev–Trinajstić information content (AvgIpc) is 1.57. The topological polar surface area (TPSA) is 260 Å². The zero-order valence-electron chi connectivity index (χ0n) is 67.1. The van der Waals surface area contributed by atoms with Crippen LogP contribution < -0.4 is 31.5 Å². The van der Waals surface area contributed by atoms with Gasteiger partial charge < -0.3 is 30.5 Å². The van der Waals surface area contributed by atoms with Crippen LogP contribution in [0.25, 0.3) is 32.3 Å². The molecule has 3 saturated carbocycles. The summed E-state index contributed by atoms with van der Waals surface area (Å²) in [5, 5.41) is 34.6. The van der Waals surface area contributed by atoms with Gasteiger partial charge in [0.05, 0.1) is 45.7 Å². The molecule has 0 bridgehead atoms. The number of imide groups is 2. The van der Waals surface area contributed by atoms with Crippen LogP contribution in [0.3, 0.4) is 0 Å². The summed E-state index contributed by atoms with van der Waals surface area (Å²) in [6.45, 7) is 23.0. The lowest BCUT2D eigenvalue weighted by atomic mass is 9.70. The van der Waals surface area contributed by atoms with Gasteiger partial charge in [-0.3, -0.25) is 63.1 Å². The normalized spacial score (nSPS) is 22.2. The van der Waals surface area contributed by atoms with Crippen molar-refractivity contribution in [1.82, 2.24) is 55.1 Å². The highest BCUT2D eigenvalue weighted by Crippen LogP contribution is 2.47. The summed E-state index contributed by atoms with van der Waals surface area (Å²) in [5.41, 5.74) is 13.3. The average molecular weight is 1640 g/mol. The van der Waals surface area contributed by atoms with Gasteiger partial charge in [0.25, 0.3) is 17.7 Å². The van der Waals surface area contributed by atoms with Crippen LogP contribution in [0.5, 0.6) is 0 Å². The van der Waals surface area contributed by atoms with Crippen molar-refractivity contribution < 1.29 is 38.4 Å². The van der Waals surface area contributed by atoms with E-state index in [-0.39, 0.29) is 81.1 Å². The standard InChI is InChI=1S/C32H37N5O3.C27H32N4O.C21H22N4O.C6H10O.C5H6BrNO2.ClH/c1-31(11-4-12-31)20-35-15-13-32(2,14-16-35)36-19-21(18-33-36)17-22-7-8-25-28-23(22)5-3-6-24(28)30(40)37(25)26-9-10-27(38)34-29(26)39;1-26(9-4-10-26)18-30-13-11-27(2,12-14-30)31-17-19(16-28-31)15-20-7-8-23-24-21(20)5-3-6-22(24)25(32)29-23;1-21(7-9-22-10-8-21)25-13-14(12-23-25)11-15-5-6-18-19-16(15)3-2-4-17(19)20(26)24-18;1-6(5-7)3-2-4-6;6-3-1-2-4(8)7-5(3)9;/h3,5-8,18-19,26H,4,9-17,20H2,1-2H3,(H,34,38,39);3,5-8,16-17H,4,9-15,18H2,1-2H3,(H,29,32);2-6,12-13,22H,7-11H2,1H3,(H,24,26);5H,2-4H2,1H3;3H,1-2H2,(H,7,8,9);1H. The van der Waals surface area contributed by atoms with E-state index < -0.39 is 11.9 Å². The van der Waals surface area contributed by atoms with E-state index in [0.29, 0.717) is 42.1 Å². The minimum Gasteiger partial charge on any atom is -0.321 e. The number of aromatic nitrogens is 6. The SMILES string of the molecule is CC1(C=O)CCC1.CC1(CN2CCC(C)(n3cc(Cc4ccc5c6c(cccc46)C(=O)N5)cn3)CC2)CCC1.CC1(CN2CCC(C)(n3cc(Cc4ccc5c6c(cccc46)C(=O)N5C4CCC(=O)NC4=O)cn3)CC2)CCC1.CC1(n2cc(Cc3ccc4c5c(cccc35)C(=O)N4)cn2)CCNCC1.Cl.O=C1CCC(Br)C(=O)N1. The van der Waals surface area contributed by atoms with Gasteiger partial charge >= 0.3 is 0 Å². The molecule has 8 aliphatic heterocycles. The molecule has 11 heterocycles. The molecule has 8 fully saturated rings. The first kappa shape index (κ1) is 80.9. The first-order valence-corrected chi connectivity index (χ1v) is 42.3. The molecular formula is C91H108BrClN14O8. The van der Waals surface area contributed by atoms with Crippen molar-refractivity contribution in [2.24, 2.45) is 16.2 Å². The van der Waals surface area contributed by atoms with Gasteiger partial charge in [0, 0.05) is 140 Å². The monoisotopic (exact) mass is 1640 g/mol. The predicted molar refractivity (Wildman–Crippen MR) is 455 cm³/mol. The van der Waals surface area contributed by atoms with E-state index in [4.69, 9.17) is 10.2 Å². The highest BCUT2D eigenvalue weighted by atomic mass is 79.9. The Hall–Kier alpha value is -9.26. The Balaban J connectivity index is 0.000000125. The molecule has 604 valence electrons. The van der Waals surface area contributed by atoms with Crippen molar-refractivity contribution >= 4 is 125 Å². The number of hydrogen-bond acceptors (Lipinski definition) is 14. The third kappa shape index (κ3) is 16.6. The van der Waals surface area contributed by atoms with Crippen LogP contribution in [0.15, 0.2) is 128 Å². The third-order valence-electron chi connectivity index (χ3n) is 27.2. The number of rotatable bonds is 15. The van der Waals surface area contributed by atoms with E-state index in [1.54, 1.807) is 4.90 Å². The van der Waals surface area contributed by atoms with Crippen molar-refractivity contribution in [2.75, 3.05) is 67.9 Å². The number of hydrogen-bond donors (Lipinski definition) is 5. The van der Waals surface area contributed by atoms with Gasteiger partial charge in [-0.05, 0) is 221 Å². The molecule has 24 heteroatoms. The number of anilines is 3. The number of likely N-dealkylation sites (tertiary alicyclic amines) is 2. The first-order chi connectivity index (χ1) is 54.8. The van der Waals surface area contributed by atoms with Crippen molar-refractivity contribution in [3.63, 3.8) is 0 Å². The maximum atomic E-state index is 13.5. The Morgan fingerprint density at radius 2 is 0.870 bits per heavy atom. The summed E-state index contributed by atoms with van der Waals surface area (Å²) in [6.07, 6.45) is 36.2. The smallest absolute Gasteiger partial charge is 0.259 e. The minimum atomic E-state index is -0.673. The Labute approximate surface area is 687 Å². The molecule has 3 aromatic heterocycles. The number of aldehydes is 1. The Morgan fingerprint density at radius 3 is 1.26 bits per heavy atom. The van der Waals surface area contributed by atoms with E-state index >= 15 is 0 Å². The molecule has 2 atom stereocenters. The molecule has 11 aliphatic rings. The molecule has 5 saturated heterocycles. The summed E-state index contributed by atoms with van der Waals surface area (Å²) < 4.78 is 6.54. The van der Waals surface area contributed by atoms with Gasteiger partial charge in [0.15, 0.2) is 0 Å². The molecule has 115 heavy (non-hydrogen) atoms. The Morgan fingerprint density at radius 1 is 0.461 bits per heavy atom. The zero-order valence-corrected chi connectivity index (χ0v) is 69.5. The van der Waals surface area contributed by atoms with E-state index in [0.717, 1.165) is 181 Å². The second-order valence-electron chi connectivity index (χ2n) is 36.1. The van der Waals surface area contributed by atoms with Gasteiger partial charge in [0.2, 0.25) is 23.6 Å². The molecule has 9 aromatic rings. The highest BCUT2D eigenvalue weighted by molar-refractivity contribution is 9.10. The van der Waals surface area contributed by atoms with Crippen molar-refractivity contribution in [3.05, 3.63) is 178 Å². The maximum Gasteiger partial charge on any atom is 0.259 e. The molecule has 20 rings (SSSR count). The summed E-state index contributed by atoms with van der Waals surface area (Å²) in [5.74, 6) is -1.25. The first-order valence-electron chi connectivity index (χ1n) is 41.4. The fraction of sp³-hybridized carbons (Fsp3) is 0.484. The summed E-state index contributed by atoms with van der Waals surface area (Å²) >= 11 is 3.12. The second-order valence-corrected chi connectivity index (χ2v) is 37.2. The molecular weight excluding hydrogens is 1530 g/mol. The number of alkyl halides is 1. The highest BCUT2D eigenvalue weighted by Gasteiger charge is 2.44. The van der Waals surface area contributed by atoms with Gasteiger partial charge in [-0.25, -0.2) is 0 Å². The molecule has 0 spiro atoms. The molecule has 0 radical (unpaired) electrons. The van der Waals surface area contributed by atoms with Crippen LogP contribution in [-0.2, 0) is 59.9 Å². The number of halogens is 2. The lowest BCUT2D eigenvalue weighted by Gasteiger charge is -2.46. The van der Waals surface area contributed by atoms with Crippen LogP contribution >= 0.6 is 28.3 Å². The number of benzene rings is 6. The van der Waals surface area contributed by atoms with E-state index in [1.807, 2.05) is 80.1 Å². The number of carbonyl (C=O) groups excluding carboxylic acids is 8. The number of carbonyl (C=O) groups is 8. The summed E-state index contributed by atoms with van der Waals surface area (Å²) in [4.78, 5) is 100. The van der Waals surface area contributed by atoms with Crippen LogP contribution in [-0.4, -0.2) is 150 Å². The Bertz CT molecular complexity index is 5260. The van der Waals surface area contributed by atoms with E-state index in [2.05, 4.69) is 161 Å². The summed E-state index contributed by atoms with van der Waals surface area (Å²) in [7, 11) is 0. The van der Waals surface area contributed by atoms with Gasteiger partial charge in [-0.2, -0.15) is 15.3 Å². The number of nitrogens with zero attached hydrogens (tertiary/aromatic N) is 9. The third-order valence-corrected chi connectivity index (χ3v) is 28.0. The summed E-state index contributed by atoms with van der Waals surface area (Å²) in [6, 6.07) is 29.5. The minimum absolute atomic E-state index is 0. The van der Waals surface area contributed by atoms with E-state index in [1.165, 1.54) is 80.3 Å². The number of piperidine rings is 5. The second kappa shape index (κ2) is 32.7. The largest absolute Gasteiger partial charge is 0.321 e. The zero-order chi connectivity index (χ0) is 79.5. The van der Waals surface area contributed by atoms with Crippen molar-refractivity contribution in [3.8, 4) is 0 Å². The van der Waals surface area contributed by atoms with Gasteiger partial charge in [-0.15, -0.1) is 12.4 Å². The number of nitrogens with one attached hydrogen (secondary N) is 5. The van der Waals surface area contributed by atoms with Crippen molar-refractivity contribution in [1.29, 1.82) is 0 Å². The van der Waals surface area contributed by atoms with Crippen LogP contribution in [0.4, 0.5) is 17.1 Å². The number of amides is 7. The predicted octanol–water partition coefficient (Wildman–Crippen LogP) is 14.9. The van der Waals surface area contributed by atoms with Crippen LogP contribution in [0.1, 0.15) is 228 Å². The molecule has 6 aromatic carbocycles. The molecule has 5 N–H and O–H groups in total. The molecule has 2 unspecified atom stereocenters. The van der Waals surface area contributed by atoms with Gasteiger partial charge in [0.1, 0.15) is 12.3 Å². The van der Waals surface area contributed by atoms with Crippen molar-refractivity contribution in [2.45, 2.75) is 210 Å². The lowest BCUT2D eigenvalue weighted by Crippen LogP contribution is -2.53. The van der Waals surface area contributed by atoms with Crippen LogP contribution in [0, 0.1) is 16.2 Å². The van der Waals surface area contributed by atoms with Crippen LogP contribution in [0.2, 0.25) is 0 Å². The lowest BCUT2D eigenvalue weighted by molar-refractivity contribution is -0.135. The molecule has 7 amide bonds. The molecule has 22 nitrogen and oxygen atoms in total. The fourth-order valence-electron chi connectivity index (χ4n) is 19.1. The van der Waals surface area contributed by atoms with E-state index in [9.17, 15) is 38.4 Å². The fourth-order valence-corrected chi connectivity index (χ4v) is 19.4. The maximum absolute atomic E-state index is 13.5. The molecule has 3 aliphatic carbocycles. The Kier molecular flexibility index (Phi) is 23.0.